The fraction of sp³-hybridized carbons (Fsp3) is 0.200. The average molecular weight is 248 g/mol. The lowest BCUT2D eigenvalue weighted by atomic mass is 10.00. The van der Waals surface area contributed by atoms with Gasteiger partial charge in [-0.05, 0) is 36.6 Å². The van der Waals surface area contributed by atoms with Crippen LogP contribution in [0.15, 0.2) is 48.5 Å². The number of nitrogens with two attached hydrogens (primary N) is 1. The monoisotopic (exact) mass is 247 g/mol. The second kappa shape index (κ2) is 5.85. The van der Waals surface area contributed by atoms with Crippen molar-refractivity contribution in [2.45, 2.75) is 19.9 Å². The van der Waals surface area contributed by atoms with Gasteiger partial charge in [0.15, 0.2) is 0 Å². The molecular weight excluding hydrogens is 230 g/mol. The first-order valence-electron chi connectivity index (χ1n) is 5.59. The molecule has 2 aromatic carbocycles. The summed E-state index contributed by atoms with van der Waals surface area (Å²) in [5.74, 6) is 0. The maximum absolute atomic E-state index is 5.88. The van der Waals surface area contributed by atoms with E-state index in [0.717, 1.165) is 0 Å². The van der Waals surface area contributed by atoms with Crippen LogP contribution in [0, 0.1) is 6.92 Å². The first-order chi connectivity index (χ1) is 7.66. The molecule has 0 aliphatic rings. The molecule has 17 heavy (non-hydrogen) atoms. The van der Waals surface area contributed by atoms with Crippen LogP contribution in [0.1, 0.15) is 24.1 Å². The van der Waals surface area contributed by atoms with Crippen molar-refractivity contribution in [2.24, 2.45) is 5.73 Å². The third kappa shape index (κ3) is 3.32. The van der Waals surface area contributed by atoms with Crippen LogP contribution in [0.4, 0.5) is 0 Å². The molecular formula is C15H18ClN. The number of hydrogen-bond donors (Lipinski definition) is 1. The van der Waals surface area contributed by atoms with E-state index in [9.17, 15) is 0 Å². The number of halogens is 1. The highest BCUT2D eigenvalue weighted by Gasteiger charge is 2.02. The number of hydrogen-bond acceptors (Lipinski definition) is 1. The molecule has 0 bridgehead atoms. The van der Waals surface area contributed by atoms with Crippen molar-refractivity contribution < 1.29 is 0 Å². The highest BCUT2D eigenvalue weighted by Crippen LogP contribution is 2.22. The number of benzene rings is 2. The second-order valence-corrected chi connectivity index (χ2v) is 4.28. The van der Waals surface area contributed by atoms with Gasteiger partial charge in [-0.25, -0.2) is 0 Å². The Morgan fingerprint density at radius 2 is 1.59 bits per heavy atom. The minimum atomic E-state index is 0. The Bertz CT molecular complexity index is 475. The number of rotatable bonds is 2. The van der Waals surface area contributed by atoms with Gasteiger partial charge in [-0.3, -0.25) is 0 Å². The van der Waals surface area contributed by atoms with Crippen molar-refractivity contribution >= 4 is 12.4 Å². The molecule has 0 amide bonds. The zero-order valence-corrected chi connectivity index (χ0v) is 11.0. The van der Waals surface area contributed by atoms with E-state index in [4.69, 9.17) is 5.73 Å². The van der Waals surface area contributed by atoms with Gasteiger partial charge in [0.1, 0.15) is 0 Å². The molecule has 2 aromatic rings. The highest BCUT2D eigenvalue weighted by molar-refractivity contribution is 5.85. The van der Waals surface area contributed by atoms with Crippen LogP contribution in [0.3, 0.4) is 0 Å². The lowest BCUT2D eigenvalue weighted by Crippen LogP contribution is -2.04. The molecule has 1 nitrogen and oxygen atoms in total. The summed E-state index contributed by atoms with van der Waals surface area (Å²) in [7, 11) is 0. The summed E-state index contributed by atoms with van der Waals surface area (Å²) in [6, 6.07) is 17.1. The molecule has 2 heteroatoms. The van der Waals surface area contributed by atoms with Crippen molar-refractivity contribution in [1.82, 2.24) is 0 Å². The topological polar surface area (TPSA) is 26.0 Å². The molecule has 0 saturated carbocycles. The summed E-state index contributed by atoms with van der Waals surface area (Å²) >= 11 is 0. The van der Waals surface area contributed by atoms with Gasteiger partial charge in [0, 0.05) is 6.04 Å². The molecule has 1 atom stereocenters. The van der Waals surface area contributed by atoms with Crippen molar-refractivity contribution in [2.75, 3.05) is 0 Å². The molecule has 0 unspecified atom stereocenters. The first-order valence-corrected chi connectivity index (χ1v) is 5.59. The van der Waals surface area contributed by atoms with E-state index in [1.807, 2.05) is 6.92 Å². The fourth-order valence-corrected chi connectivity index (χ4v) is 1.75. The largest absolute Gasteiger partial charge is 0.324 e. The van der Waals surface area contributed by atoms with Crippen LogP contribution in [0.2, 0.25) is 0 Å². The lowest BCUT2D eigenvalue weighted by molar-refractivity contribution is 0.819. The molecule has 2 rings (SSSR count). The van der Waals surface area contributed by atoms with Gasteiger partial charge in [0.2, 0.25) is 0 Å². The van der Waals surface area contributed by atoms with E-state index < -0.39 is 0 Å². The second-order valence-electron chi connectivity index (χ2n) is 4.28. The third-order valence-electron chi connectivity index (χ3n) is 2.80. The molecule has 0 radical (unpaired) electrons. The summed E-state index contributed by atoms with van der Waals surface area (Å²) in [6.45, 7) is 4.11. The summed E-state index contributed by atoms with van der Waals surface area (Å²) in [5, 5.41) is 0. The van der Waals surface area contributed by atoms with Crippen LogP contribution in [0.25, 0.3) is 11.1 Å². The van der Waals surface area contributed by atoms with Gasteiger partial charge >= 0.3 is 0 Å². The molecule has 0 heterocycles. The summed E-state index contributed by atoms with van der Waals surface area (Å²) in [5.41, 5.74) is 10.8. The number of aryl methyl sites for hydroxylation is 1. The molecule has 0 spiro atoms. The molecule has 0 aromatic heterocycles. The van der Waals surface area contributed by atoms with Crippen LogP contribution >= 0.6 is 12.4 Å². The van der Waals surface area contributed by atoms with E-state index in [1.165, 1.54) is 22.3 Å². The molecule has 90 valence electrons. The Hall–Kier alpha value is -1.31. The van der Waals surface area contributed by atoms with E-state index in [0.29, 0.717) is 0 Å². The predicted octanol–water partition coefficient (Wildman–Crippen LogP) is 4.10. The maximum atomic E-state index is 5.88. The normalized spacial score (nSPS) is 11.7. The van der Waals surface area contributed by atoms with Crippen LogP contribution < -0.4 is 5.73 Å². The Balaban J connectivity index is 0.00000144. The molecule has 0 aliphatic carbocycles. The van der Waals surface area contributed by atoms with Crippen molar-refractivity contribution in [1.29, 1.82) is 0 Å². The van der Waals surface area contributed by atoms with Gasteiger partial charge in [0.05, 0.1) is 0 Å². The summed E-state index contributed by atoms with van der Waals surface area (Å²) in [6.07, 6.45) is 0. The van der Waals surface area contributed by atoms with Gasteiger partial charge in [0.25, 0.3) is 0 Å². The SMILES string of the molecule is Cc1ccc(-c2cccc([C@@H](C)N)c2)cc1.Cl. The predicted molar refractivity (Wildman–Crippen MR) is 76.5 cm³/mol. The maximum Gasteiger partial charge on any atom is 0.0266 e. The molecule has 0 fully saturated rings. The van der Waals surface area contributed by atoms with Gasteiger partial charge < -0.3 is 5.73 Å². The summed E-state index contributed by atoms with van der Waals surface area (Å²) in [4.78, 5) is 0. The van der Waals surface area contributed by atoms with E-state index >= 15 is 0 Å². The van der Waals surface area contributed by atoms with Crippen molar-refractivity contribution in [3.63, 3.8) is 0 Å². The zero-order chi connectivity index (χ0) is 11.5. The minimum Gasteiger partial charge on any atom is -0.324 e. The van der Waals surface area contributed by atoms with Gasteiger partial charge in [-0.15, -0.1) is 12.4 Å². The zero-order valence-electron chi connectivity index (χ0n) is 10.2. The first kappa shape index (κ1) is 13.8. The van der Waals surface area contributed by atoms with Crippen LogP contribution in [-0.4, -0.2) is 0 Å². The molecule has 2 N–H and O–H groups in total. The van der Waals surface area contributed by atoms with E-state index in [2.05, 4.69) is 55.5 Å². The Kier molecular flexibility index (Phi) is 4.73. The Labute approximate surface area is 109 Å². The Morgan fingerprint density at radius 3 is 2.18 bits per heavy atom. The van der Waals surface area contributed by atoms with Crippen molar-refractivity contribution in [3.05, 3.63) is 59.7 Å². The van der Waals surface area contributed by atoms with Crippen molar-refractivity contribution in [3.8, 4) is 11.1 Å². The standard InChI is InChI=1S/C15H17N.ClH/c1-11-6-8-13(9-7-11)15-5-3-4-14(10-15)12(2)16;/h3-10,12H,16H2,1-2H3;1H/t12-;/m1./s1. The Morgan fingerprint density at radius 1 is 0.941 bits per heavy atom. The van der Waals surface area contributed by atoms with E-state index in [1.54, 1.807) is 0 Å². The minimum absolute atomic E-state index is 0. The third-order valence-corrected chi connectivity index (χ3v) is 2.80. The van der Waals surface area contributed by atoms with Crippen LogP contribution in [0.5, 0.6) is 0 Å². The average Bonchev–Trinajstić information content (AvgIpc) is 2.30. The van der Waals surface area contributed by atoms with Crippen LogP contribution in [-0.2, 0) is 0 Å². The molecule has 0 saturated heterocycles. The van der Waals surface area contributed by atoms with E-state index in [-0.39, 0.29) is 18.4 Å². The highest BCUT2D eigenvalue weighted by atomic mass is 35.5. The lowest BCUT2D eigenvalue weighted by Gasteiger charge is -2.08. The molecule has 0 aliphatic heterocycles. The van der Waals surface area contributed by atoms with Gasteiger partial charge in [-0.1, -0.05) is 48.0 Å². The van der Waals surface area contributed by atoms with Gasteiger partial charge in [-0.2, -0.15) is 0 Å². The quantitative estimate of drug-likeness (QED) is 0.850. The summed E-state index contributed by atoms with van der Waals surface area (Å²) < 4.78 is 0. The fourth-order valence-electron chi connectivity index (χ4n) is 1.75. The smallest absolute Gasteiger partial charge is 0.0266 e.